The largest absolute Gasteiger partial charge is 0.378 e. The van der Waals surface area contributed by atoms with Crippen LogP contribution >= 0.6 is 24.0 Å². The molecule has 0 saturated heterocycles. The van der Waals surface area contributed by atoms with Crippen LogP contribution in [0, 0.1) is 11.8 Å². The molecule has 3 atom stereocenters. The van der Waals surface area contributed by atoms with E-state index < -0.39 is 0 Å². The van der Waals surface area contributed by atoms with E-state index in [4.69, 9.17) is 4.74 Å². The van der Waals surface area contributed by atoms with E-state index in [1.165, 1.54) is 12.0 Å². The number of hydrogen-bond acceptors (Lipinski definition) is 2. The van der Waals surface area contributed by atoms with Gasteiger partial charge in [0.15, 0.2) is 5.96 Å². The van der Waals surface area contributed by atoms with Gasteiger partial charge in [0.05, 0.1) is 6.10 Å². The van der Waals surface area contributed by atoms with E-state index in [9.17, 15) is 0 Å². The molecule has 1 aliphatic carbocycles. The molecular formula is C20H34IN3O. The molecule has 0 spiro atoms. The van der Waals surface area contributed by atoms with E-state index in [0.29, 0.717) is 17.9 Å². The lowest BCUT2D eigenvalue weighted by Gasteiger charge is -2.21. The van der Waals surface area contributed by atoms with Gasteiger partial charge in [0, 0.05) is 26.7 Å². The maximum atomic E-state index is 5.79. The van der Waals surface area contributed by atoms with Crippen LogP contribution < -0.4 is 10.6 Å². The number of aliphatic imine (C=N–C) groups is 1. The molecule has 25 heavy (non-hydrogen) atoms. The Labute approximate surface area is 170 Å². The lowest BCUT2D eigenvalue weighted by atomic mass is 10.0. The van der Waals surface area contributed by atoms with Crippen LogP contribution in [0.15, 0.2) is 35.3 Å². The number of benzene rings is 1. The fourth-order valence-corrected chi connectivity index (χ4v) is 3.19. The second kappa shape index (κ2) is 11.7. The maximum absolute atomic E-state index is 5.79. The summed E-state index contributed by atoms with van der Waals surface area (Å²) in [6.45, 7) is 9.13. The van der Waals surface area contributed by atoms with Crippen LogP contribution in [0.1, 0.15) is 45.1 Å². The SMILES string of the molecule is CCOC(CCNC(=NC)NCC1CC1c1ccccc1)C(C)C.I. The summed E-state index contributed by atoms with van der Waals surface area (Å²) in [6, 6.07) is 10.8. The first kappa shape index (κ1) is 22.2. The van der Waals surface area contributed by atoms with Gasteiger partial charge in [0.1, 0.15) is 0 Å². The Morgan fingerprint density at radius 3 is 2.56 bits per heavy atom. The summed E-state index contributed by atoms with van der Waals surface area (Å²) in [5, 5.41) is 6.87. The van der Waals surface area contributed by atoms with Crippen molar-refractivity contribution in [2.45, 2.75) is 45.6 Å². The normalized spacial score (nSPS) is 20.8. The van der Waals surface area contributed by atoms with Gasteiger partial charge in [0.2, 0.25) is 0 Å². The highest BCUT2D eigenvalue weighted by Crippen LogP contribution is 2.46. The minimum Gasteiger partial charge on any atom is -0.378 e. The molecule has 5 heteroatoms. The number of nitrogens with one attached hydrogen (secondary N) is 2. The quantitative estimate of drug-likeness (QED) is 0.333. The molecule has 0 bridgehead atoms. The van der Waals surface area contributed by atoms with Gasteiger partial charge in [-0.15, -0.1) is 24.0 Å². The summed E-state index contributed by atoms with van der Waals surface area (Å²) in [7, 11) is 1.83. The fourth-order valence-electron chi connectivity index (χ4n) is 3.19. The molecule has 0 radical (unpaired) electrons. The summed E-state index contributed by atoms with van der Waals surface area (Å²) in [6.07, 6.45) is 2.59. The number of rotatable bonds is 9. The van der Waals surface area contributed by atoms with Gasteiger partial charge in [-0.05, 0) is 43.1 Å². The van der Waals surface area contributed by atoms with Crippen LogP contribution in [0.5, 0.6) is 0 Å². The van der Waals surface area contributed by atoms with Crippen molar-refractivity contribution < 1.29 is 4.74 Å². The van der Waals surface area contributed by atoms with Gasteiger partial charge in [-0.1, -0.05) is 44.2 Å². The molecule has 1 fully saturated rings. The first-order valence-electron chi connectivity index (χ1n) is 9.26. The lowest BCUT2D eigenvalue weighted by Crippen LogP contribution is -2.40. The van der Waals surface area contributed by atoms with Crippen molar-refractivity contribution in [2.75, 3.05) is 26.7 Å². The summed E-state index contributed by atoms with van der Waals surface area (Å²) in [4.78, 5) is 4.33. The monoisotopic (exact) mass is 459 g/mol. The van der Waals surface area contributed by atoms with Gasteiger partial charge in [-0.25, -0.2) is 0 Å². The average Bonchev–Trinajstić information content (AvgIpc) is 3.37. The molecule has 0 amide bonds. The number of halogens is 1. The van der Waals surface area contributed by atoms with E-state index in [-0.39, 0.29) is 24.0 Å². The highest BCUT2D eigenvalue weighted by Gasteiger charge is 2.37. The molecule has 0 aliphatic heterocycles. The third kappa shape index (κ3) is 7.52. The van der Waals surface area contributed by atoms with E-state index in [2.05, 4.69) is 66.7 Å². The van der Waals surface area contributed by atoms with Crippen LogP contribution in [0.3, 0.4) is 0 Å². The number of hydrogen-bond donors (Lipinski definition) is 2. The molecule has 2 rings (SSSR count). The molecule has 3 unspecified atom stereocenters. The third-order valence-electron chi connectivity index (χ3n) is 4.75. The zero-order valence-corrected chi connectivity index (χ0v) is 18.3. The summed E-state index contributed by atoms with van der Waals surface area (Å²) >= 11 is 0. The van der Waals surface area contributed by atoms with Gasteiger partial charge < -0.3 is 15.4 Å². The van der Waals surface area contributed by atoms with Crippen LogP contribution in [0.4, 0.5) is 0 Å². The fraction of sp³-hybridized carbons (Fsp3) is 0.650. The third-order valence-corrected chi connectivity index (χ3v) is 4.75. The minimum absolute atomic E-state index is 0. The zero-order chi connectivity index (χ0) is 17.4. The van der Waals surface area contributed by atoms with Gasteiger partial charge in [-0.2, -0.15) is 0 Å². The Kier molecular flexibility index (Phi) is 10.4. The summed E-state index contributed by atoms with van der Waals surface area (Å²) in [5.74, 6) is 2.87. The topological polar surface area (TPSA) is 45.6 Å². The van der Waals surface area contributed by atoms with Crippen LogP contribution in [0.25, 0.3) is 0 Å². The summed E-state index contributed by atoms with van der Waals surface area (Å²) in [5.41, 5.74) is 1.46. The highest BCUT2D eigenvalue weighted by molar-refractivity contribution is 14.0. The Bertz CT molecular complexity index is 507. The Morgan fingerprint density at radius 2 is 1.96 bits per heavy atom. The van der Waals surface area contributed by atoms with Crippen molar-refractivity contribution >= 4 is 29.9 Å². The minimum atomic E-state index is 0. The first-order valence-corrected chi connectivity index (χ1v) is 9.26. The standard InChI is InChI=1S/C20H33N3O.HI/c1-5-24-19(15(2)3)11-12-22-20(21-4)23-14-17-13-18(17)16-9-7-6-8-10-16;/h6-10,15,17-19H,5,11-14H2,1-4H3,(H2,21,22,23);1H. The van der Waals surface area contributed by atoms with Gasteiger partial charge in [0.25, 0.3) is 0 Å². The van der Waals surface area contributed by atoms with Crippen LogP contribution in [0.2, 0.25) is 0 Å². The van der Waals surface area contributed by atoms with Crippen molar-refractivity contribution in [3.8, 4) is 0 Å². The van der Waals surface area contributed by atoms with Crippen molar-refractivity contribution in [1.82, 2.24) is 10.6 Å². The number of ether oxygens (including phenoxy) is 1. The molecule has 1 aromatic rings. The predicted molar refractivity (Wildman–Crippen MR) is 117 cm³/mol. The molecule has 142 valence electrons. The Hall–Kier alpha value is -0.820. The second-order valence-electron chi connectivity index (χ2n) is 6.92. The zero-order valence-electron chi connectivity index (χ0n) is 16.0. The van der Waals surface area contributed by atoms with Gasteiger partial charge in [-0.3, -0.25) is 4.99 Å². The average molecular weight is 459 g/mol. The van der Waals surface area contributed by atoms with Crippen LogP contribution in [-0.2, 0) is 4.74 Å². The first-order chi connectivity index (χ1) is 11.7. The van der Waals surface area contributed by atoms with Crippen molar-refractivity contribution in [3.63, 3.8) is 0 Å². The van der Waals surface area contributed by atoms with Crippen molar-refractivity contribution in [1.29, 1.82) is 0 Å². The smallest absolute Gasteiger partial charge is 0.190 e. The molecule has 0 aromatic heterocycles. The molecule has 1 aromatic carbocycles. The van der Waals surface area contributed by atoms with Crippen molar-refractivity contribution in [3.05, 3.63) is 35.9 Å². The predicted octanol–water partition coefficient (Wildman–Crippen LogP) is 4.02. The Morgan fingerprint density at radius 1 is 1.24 bits per heavy atom. The highest BCUT2D eigenvalue weighted by atomic mass is 127. The molecule has 1 saturated carbocycles. The molecule has 0 heterocycles. The second-order valence-corrected chi connectivity index (χ2v) is 6.92. The molecule has 4 nitrogen and oxygen atoms in total. The number of nitrogens with zero attached hydrogens (tertiary/aromatic N) is 1. The molecule has 1 aliphatic rings. The van der Waals surface area contributed by atoms with E-state index in [1.54, 1.807) is 0 Å². The van der Waals surface area contributed by atoms with E-state index >= 15 is 0 Å². The van der Waals surface area contributed by atoms with E-state index in [1.807, 2.05) is 7.05 Å². The van der Waals surface area contributed by atoms with Crippen molar-refractivity contribution in [2.24, 2.45) is 16.8 Å². The van der Waals surface area contributed by atoms with Gasteiger partial charge >= 0.3 is 0 Å². The molecule has 2 N–H and O–H groups in total. The number of guanidine groups is 1. The summed E-state index contributed by atoms with van der Waals surface area (Å²) < 4.78 is 5.79. The Balaban J connectivity index is 0.00000312. The van der Waals surface area contributed by atoms with Crippen LogP contribution in [-0.4, -0.2) is 38.8 Å². The lowest BCUT2D eigenvalue weighted by molar-refractivity contribution is 0.0258. The van der Waals surface area contributed by atoms with E-state index in [0.717, 1.165) is 38.0 Å². The molecular weight excluding hydrogens is 425 g/mol. The maximum Gasteiger partial charge on any atom is 0.190 e.